The third-order valence-electron chi connectivity index (χ3n) is 4.78. The Morgan fingerprint density at radius 3 is 2.64 bits per heavy atom. The van der Waals surface area contributed by atoms with Crippen LogP contribution in [0.1, 0.15) is 66.3 Å². The number of benzene rings is 1. The molecule has 1 aliphatic rings. The molecule has 7 nitrogen and oxygen atoms in total. The lowest BCUT2D eigenvalue weighted by molar-refractivity contribution is 0.0937. The third-order valence-corrected chi connectivity index (χ3v) is 4.78. The molecule has 2 aromatic rings. The first-order valence-corrected chi connectivity index (χ1v) is 10.1. The molecule has 0 unspecified atom stereocenters. The summed E-state index contributed by atoms with van der Waals surface area (Å²) in [4.78, 5) is 29.8. The van der Waals surface area contributed by atoms with E-state index in [4.69, 9.17) is 4.74 Å². The van der Waals surface area contributed by atoms with Gasteiger partial charge in [-0.2, -0.15) is 0 Å². The second kappa shape index (κ2) is 9.39. The second-order valence-corrected chi connectivity index (χ2v) is 6.86. The van der Waals surface area contributed by atoms with Crippen LogP contribution in [0.3, 0.4) is 0 Å². The van der Waals surface area contributed by atoms with Crippen LogP contribution >= 0.6 is 0 Å². The van der Waals surface area contributed by atoms with Gasteiger partial charge in [-0.15, -0.1) is 0 Å². The van der Waals surface area contributed by atoms with Crippen LogP contribution < -0.4 is 15.4 Å². The van der Waals surface area contributed by atoms with Crippen LogP contribution in [0.2, 0.25) is 0 Å². The highest BCUT2D eigenvalue weighted by Gasteiger charge is 2.27. The van der Waals surface area contributed by atoms with Gasteiger partial charge >= 0.3 is 0 Å². The minimum Gasteiger partial charge on any atom is -0.494 e. The molecule has 0 saturated heterocycles. The third kappa shape index (κ3) is 4.52. The number of fused-ring (bicyclic) bond motifs is 1. The molecule has 28 heavy (non-hydrogen) atoms. The number of aromatic nitrogens is 2. The van der Waals surface area contributed by atoms with Gasteiger partial charge in [0.05, 0.1) is 12.3 Å². The van der Waals surface area contributed by atoms with Crippen molar-refractivity contribution in [1.29, 1.82) is 0 Å². The first-order chi connectivity index (χ1) is 13.6. The van der Waals surface area contributed by atoms with E-state index in [-0.39, 0.29) is 11.8 Å². The van der Waals surface area contributed by atoms with Gasteiger partial charge in [0.25, 0.3) is 11.8 Å². The van der Waals surface area contributed by atoms with Crippen molar-refractivity contribution < 1.29 is 14.3 Å². The number of hydrogen-bond acceptors (Lipinski definition) is 4. The summed E-state index contributed by atoms with van der Waals surface area (Å²) in [5.74, 6) is 0.590. The maximum Gasteiger partial charge on any atom is 0.287 e. The molecular weight excluding hydrogens is 356 g/mol. The number of amides is 2. The highest BCUT2D eigenvalue weighted by molar-refractivity contribution is 6.05. The average molecular weight is 384 g/mol. The molecule has 0 bridgehead atoms. The second-order valence-electron chi connectivity index (χ2n) is 6.86. The van der Waals surface area contributed by atoms with E-state index in [1.807, 2.05) is 23.6 Å². The molecule has 0 fully saturated rings. The van der Waals surface area contributed by atoms with E-state index in [9.17, 15) is 9.59 Å². The zero-order valence-electron chi connectivity index (χ0n) is 16.6. The lowest BCUT2D eigenvalue weighted by atomic mass is 10.1. The fourth-order valence-corrected chi connectivity index (χ4v) is 3.35. The van der Waals surface area contributed by atoms with Crippen LogP contribution in [0.5, 0.6) is 5.75 Å². The van der Waals surface area contributed by atoms with Gasteiger partial charge in [-0.1, -0.05) is 13.3 Å². The van der Waals surface area contributed by atoms with Gasteiger partial charge in [0, 0.05) is 18.8 Å². The molecule has 2 amide bonds. The van der Waals surface area contributed by atoms with E-state index in [0.29, 0.717) is 30.4 Å². The summed E-state index contributed by atoms with van der Waals surface area (Å²) in [6.07, 6.45) is 4.66. The topological polar surface area (TPSA) is 85.2 Å². The summed E-state index contributed by atoms with van der Waals surface area (Å²) >= 11 is 0. The molecule has 0 saturated carbocycles. The van der Waals surface area contributed by atoms with Crippen LogP contribution in [-0.2, 0) is 13.0 Å². The van der Waals surface area contributed by atoms with E-state index >= 15 is 0 Å². The molecule has 0 spiro atoms. The van der Waals surface area contributed by atoms with Gasteiger partial charge < -0.3 is 19.9 Å². The molecule has 1 aromatic carbocycles. The Morgan fingerprint density at radius 2 is 1.93 bits per heavy atom. The van der Waals surface area contributed by atoms with Crippen molar-refractivity contribution in [2.45, 2.75) is 52.5 Å². The number of carbonyl (C=O) groups is 2. The summed E-state index contributed by atoms with van der Waals surface area (Å²) in [6.45, 7) is 5.93. The van der Waals surface area contributed by atoms with E-state index in [1.165, 1.54) is 0 Å². The number of imidazole rings is 1. The molecule has 150 valence electrons. The number of nitrogens with one attached hydrogen (secondary N) is 2. The summed E-state index contributed by atoms with van der Waals surface area (Å²) in [5.41, 5.74) is 1.85. The predicted molar refractivity (Wildman–Crippen MR) is 108 cm³/mol. The Kier molecular flexibility index (Phi) is 6.68. The van der Waals surface area contributed by atoms with Crippen LogP contribution in [0, 0.1) is 0 Å². The summed E-state index contributed by atoms with van der Waals surface area (Å²) in [7, 11) is 0. The number of rotatable bonds is 8. The Bertz CT molecular complexity index is 827. The Hall–Kier alpha value is -2.83. The molecule has 3 rings (SSSR count). The standard InChI is InChI=1S/C21H28N4O3/c1-3-5-13-22-21(27)19-24-18(17-8-6-7-14-25(17)19)20(26)23-15-9-11-16(12-10-15)28-4-2/h9-12H,3-8,13-14H2,1-2H3,(H,22,27)(H,23,26). The SMILES string of the molecule is CCCCNC(=O)c1nc(C(=O)Nc2ccc(OCC)cc2)c2n1CCCC2. The fraction of sp³-hybridized carbons (Fsp3) is 0.476. The lowest BCUT2D eigenvalue weighted by Gasteiger charge is -2.17. The zero-order chi connectivity index (χ0) is 19.9. The van der Waals surface area contributed by atoms with Crippen molar-refractivity contribution >= 4 is 17.5 Å². The molecule has 1 aliphatic heterocycles. The number of unbranched alkanes of at least 4 members (excludes halogenated alkanes) is 1. The fourth-order valence-electron chi connectivity index (χ4n) is 3.35. The first kappa shape index (κ1) is 19.9. The van der Waals surface area contributed by atoms with Crippen molar-refractivity contribution in [3.8, 4) is 5.75 Å². The Labute approximate surface area is 165 Å². The molecular formula is C21H28N4O3. The molecule has 0 radical (unpaired) electrons. The maximum atomic E-state index is 12.8. The van der Waals surface area contributed by atoms with Crippen molar-refractivity contribution in [2.75, 3.05) is 18.5 Å². The average Bonchev–Trinajstić information content (AvgIpc) is 3.10. The van der Waals surface area contributed by atoms with Gasteiger partial charge in [-0.25, -0.2) is 4.98 Å². The number of anilines is 1. The van der Waals surface area contributed by atoms with E-state index in [1.54, 1.807) is 12.1 Å². The summed E-state index contributed by atoms with van der Waals surface area (Å²) in [6, 6.07) is 7.22. The maximum absolute atomic E-state index is 12.8. The molecule has 7 heteroatoms. The monoisotopic (exact) mass is 384 g/mol. The van der Waals surface area contributed by atoms with E-state index in [2.05, 4.69) is 22.5 Å². The zero-order valence-corrected chi connectivity index (χ0v) is 16.6. The van der Waals surface area contributed by atoms with Crippen molar-refractivity contribution in [1.82, 2.24) is 14.9 Å². The van der Waals surface area contributed by atoms with Gasteiger partial charge in [-0.3, -0.25) is 9.59 Å². The molecule has 0 aliphatic carbocycles. The minimum atomic E-state index is -0.289. The van der Waals surface area contributed by atoms with E-state index < -0.39 is 0 Å². The van der Waals surface area contributed by atoms with Gasteiger partial charge in [0.15, 0.2) is 11.5 Å². The number of ether oxygens (including phenoxy) is 1. The largest absolute Gasteiger partial charge is 0.494 e. The molecule has 1 aromatic heterocycles. The smallest absolute Gasteiger partial charge is 0.287 e. The van der Waals surface area contributed by atoms with Crippen molar-refractivity contribution in [2.24, 2.45) is 0 Å². The van der Waals surface area contributed by atoms with Crippen LogP contribution in [-0.4, -0.2) is 34.5 Å². The molecule has 0 atom stereocenters. The number of carbonyl (C=O) groups excluding carboxylic acids is 2. The highest BCUT2D eigenvalue weighted by atomic mass is 16.5. The minimum absolute atomic E-state index is 0.211. The highest BCUT2D eigenvalue weighted by Crippen LogP contribution is 2.23. The first-order valence-electron chi connectivity index (χ1n) is 10.1. The summed E-state index contributed by atoms with van der Waals surface area (Å²) < 4.78 is 7.32. The number of nitrogens with zero attached hydrogens (tertiary/aromatic N) is 2. The van der Waals surface area contributed by atoms with Gasteiger partial charge in [0.2, 0.25) is 0 Å². The Balaban J connectivity index is 1.78. The van der Waals surface area contributed by atoms with Crippen LogP contribution in [0.25, 0.3) is 0 Å². The molecule has 2 N–H and O–H groups in total. The normalized spacial score (nSPS) is 12.9. The predicted octanol–water partition coefficient (Wildman–Crippen LogP) is 3.40. The van der Waals surface area contributed by atoms with Gasteiger partial charge in [-0.05, 0) is 56.9 Å². The van der Waals surface area contributed by atoms with E-state index in [0.717, 1.165) is 50.1 Å². The van der Waals surface area contributed by atoms with Crippen LogP contribution in [0.15, 0.2) is 24.3 Å². The van der Waals surface area contributed by atoms with Crippen LogP contribution in [0.4, 0.5) is 5.69 Å². The molecule has 2 heterocycles. The lowest BCUT2D eigenvalue weighted by Crippen LogP contribution is -2.28. The number of hydrogen-bond donors (Lipinski definition) is 2. The summed E-state index contributed by atoms with van der Waals surface area (Å²) in [5, 5.41) is 5.78. The quantitative estimate of drug-likeness (QED) is 0.683. The van der Waals surface area contributed by atoms with Gasteiger partial charge in [0.1, 0.15) is 5.75 Å². The van der Waals surface area contributed by atoms with Crippen molar-refractivity contribution in [3.63, 3.8) is 0 Å². The van der Waals surface area contributed by atoms with Crippen molar-refractivity contribution in [3.05, 3.63) is 41.5 Å². The Morgan fingerprint density at radius 1 is 1.14 bits per heavy atom.